The summed E-state index contributed by atoms with van der Waals surface area (Å²) in [6.07, 6.45) is 4.17. The van der Waals surface area contributed by atoms with E-state index < -0.39 is 35.4 Å². The highest BCUT2D eigenvalue weighted by molar-refractivity contribution is 5.98. The number of unbranched alkanes of at least 4 members (excludes halogenated alkanes) is 1. The standard InChI is InChI=1S/C25H24F3N5O4/c1-2-3-6-20(24(23(29)35)36-12-13-37-24)32-22(34)18-5-4-11-30-21(18)33-14-19(31-15-33)16-7-9-17(10-8-16)25(26,27)28/h4-5,7-15,20H,2-3,6H2,1H3,(H2,29,35)(H,32,34). The molecule has 1 unspecified atom stereocenters. The molecule has 3 heterocycles. The Morgan fingerprint density at radius 3 is 2.46 bits per heavy atom. The maximum absolute atomic E-state index is 13.4. The van der Waals surface area contributed by atoms with Crippen LogP contribution in [0.1, 0.15) is 42.1 Å². The number of imidazole rings is 1. The van der Waals surface area contributed by atoms with Gasteiger partial charge in [0.2, 0.25) is 0 Å². The molecule has 0 saturated carbocycles. The molecule has 0 bridgehead atoms. The average Bonchev–Trinajstić information content (AvgIpc) is 3.57. The third kappa shape index (κ3) is 5.27. The van der Waals surface area contributed by atoms with Crippen molar-refractivity contribution in [2.75, 3.05) is 0 Å². The molecule has 9 nitrogen and oxygen atoms in total. The summed E-state index contributed by atoms with van der Waals surface area (Å²) in [4.78, 5) is 34.2. The van der Waals surface area contributed by atoms with Crippen molar-refractivity contribution in [2.24, 2.45) is 5.73 Å². The lowest BCUT2D eigenvalue weighted by Gasteiger charge is -2.33. The summed E-state index contributed by atoms with van der Waals surface area (Å²) in [6, 6.07) is 6.80. The van der Waals surface area contributed by atoms with Crippen molar-refractivity contribution >= 4 is 11.8 Å². The van der Waals surface area contributed by atoms with E-state index in [0.717, 1.165) is 18.6 Å². The topological polar surface area (TPSA) is 121 Å². The van der Waals surface area contributed by atoms with Crippen molar-refractivity contribution in [3.63, 3.8) is 0 Å². The smallest absolute Gasteiger partial charge is 0.416 e. The first-order chi connectivity index (χ1) is 17.7. The van der Waals surface area contributed by atoms with Gasteiger partial charge in [-0.2, -0.15) is 13.2 Å². The number of carbonyl (C=O) groups is 2. The van der Waals surface area contributed by atoms with E-state index in [4.69, 9.17) is 15.2 Å². The van der Waals surface area contributed by atoms with E-state index in [0.29, 0.717) is 24.1 Å². The van der Waals surface area contributed by atoms with Gasteiger partial charge in [0.25, 0.3) is 5.91 Å². The maximum atomic E-state index is 13.4. The van der Waals surface area contributed by atoms with E-state index in [1.165, 1.54) is 47.8 Å². The summed E-state index contributed by atoms with van der Waals surface area (Å²) in [7, 11) is 0. The van der Waals surface area contributed by atoms with Gasteiger partial charge in [0.05, 0.1) is 16.8 Å². The molecule has 1 aliphatic heterocycles. The van der Waals surface area contributed by atoms with Crippen molar-refractivity contribution in [3.8, 4) is 17.1 Å². The van der Waals surface area contributed by atoms with E-state index in [-0.39, 0.29) is 11.4 Å². The zero-order valence-corrected chi connectivity index (χ0v) is 19.7. The second-order valence-electron chi connectivity index (χ2n) is 8.32. The van der Waals surface area contributed by atoms with Crippen molar-refractivity contribution in [3.05, 3.63) is 78.8 Å². The van der Waals surface area contributed by atoms with Gasteiger partial charge in [-0.3, -0.25) is 14.2 Å². The molecule has 2 aromatic heterocycles. The third-order valence-electron chi connectivity index (χ3n) is 5.86. The van der Waals surface area contributed by atoms with Gasteiger partial charge in [-0.05, 0) is 30.7 Å². The highest BCUT2D eigenvalue weighted by atomic mass is 19.4. The number of rotatable bonds is 9. The summed E-state index contributed by atoms with van der Waals surface area (Å²) in [6.45, 7) is 1.96. The van der Waals surface area contributed by atoms with Crippen LogP contribution < -0.4 is 11.1 Å². The van der Waals surface area contributed by atoms with Crippen LogP contribution >= 0.6 is 0 Å². The number of alkyl halides is 3. The fourth-order valence-electron chi connectivity index (χ4n) is 3.94. The van der Waals surface area contributed by atoms with Crippen LogP contribution in [0.25, 0.3) is 17.1 Å². The van der Waals surface area contributed by atoms with Crippen LogP contribution in [0.15, 0.2) is 67.6 Å². The van der Waals surface area contributed by atoms with Gasteiger partial charge < -0.3 is 20.5 Å². The van der Waals surface area contributed by atoms with E-state index in [2.05, 4.69) is 15.3 Å². The molecular formula is C25H24F3N5O4. The van der Waals surface area contributed by atoms with Crippen LogP contribution in [-0.4, -0.2) is 38.2 Å². The van der Waals surface area contributed by atoms with Crippen molar-refractivity contribution in [1.82, 2.24) is 19.9 Å². The van der Waals surface area contributed by atoms with Gasteiger partial charge in [-0.15, -0.1) is 0 Å². The van der Waals surface area contributed by atoms with Gasteiger partial charge in [-0.25, -0.2) is 9.97 Å². The van der Waals surface area contributed by atoms with Crippen LogP contribution in [0.3, 0.4) is 0 Å². The van der Waals surface area contributed by atoms with Gasteiger partial charge in [-0.1, -0.05) is 31.9 Å². The second kappa shape index (κ2) is 10.3. The first-order valence-electron chi connectivity index (χ1n) is 11.4. The predicted octanol–water partition coefficient (Wildman–Crippen LogP) is 3.94. The Hall–Kier alpha value is -4.35. The molecule has 194 valence electrons. The quantitative estimate of drug-likeness (QED) is 0.445. The van der Waals surface area contributed by atoms with Crippen molar-refractivity contribution in [1.29, 1.82) is 0 Å². The summed E-state index contributed by atoms with van der Waals surface area (Å²) in [5, 5.41) is 2.79. The third-order valence-corrected chi connectivity index (χ3v) is 5.86. The number of primary amides is 1. The minimum atomic E-state index is -4.44. The number of hydrogen-bond acceptors (Lipinski definition) is 6. The molecule has 0 saturated heterocycles. The van der Waals surface area contributed by atoms with E-state index >= 15 is 0 Å². The van der Waals surface area contributed by atoms with Gasteiger partial charge in [0, 0.05) is 18.0 Å². The molecule has 1 atom stereocenters. The number of ether oxygens (including phenoxy) is 2. The number of hydrogen-bond donors (Lipinski definition) is 2. The lowest BCUT2D eigenvalue weighted by molar-refractivity contribution is -0.182. The monoisotopic (exact) mass is 515 g/mol. The molecule has 0 radical (unpaired) electrons. The number of benzene rings is 1. The highest BCUT2D eigenvalue weighted by Gasteiger charge is 2.51. The van der Waals surface area contributed by atoms with E-state index in [9.17, 15) is 22.8 Å². The minimum Gasteiger partial charge on any atom is -0.447 e. The number of nitrogens with zero attached hydrogens (tertiary/aromatic N) is 3. The van der Waals surface area contributed by atoms with Gasteiger partial charge in [0.1, 0.15) is 24.9 Å². The fourth-order valence-corrected chi connectivity index (χ4v) is 3.94. The van der Waals surface area contributed by atoms with Gasteiger partial charge >= 0.3 is 17.9 Å². The van der Waals surface area contributed by atoms with Crippen molar-refractivity contribution in [2.45, 2.75) is 44.2 Å². The molecule has 12 heteroatoms. The number of nitrogens with two attached hydrogens (primary N) is 1. The van der Waals surface area contributed by atoms with E-state index in [1.54, 1.807) is 12.3 Å². The molecule has 1 aliphatic rings. The second-order valence-corrected chi connectivity index (χ2v) is 8.32. The Kier molecular flexibility index (Phi) is 7.18. The minimum absolute atomic E-state index is 0.158. The number of halogens is 3. The lowest BCUT2D eigenvalue weighted by atomic mass is 9.99. The summed E-state index contributed by atoms with van der Waals surface area (Å²) in [5.74, 6) is -3.10. The van der Waals surface area contributed by atoms with Crippen LogP contribution in [0.4, 0.5) is 13.2 Å². The zero-order chi connectivity index (χ0) is 26.6. The molecule has 37 heavy (non-hydrogen) atoms. The number of nitrogens with one attached hydrogen (secondary N) is 1. The Labute approximate surface area is 210 Å². The van der Waals surface area contributed by atoms with E-state index in [1.807, 2.05) is 6.92 Å². The number of pyridine rings is 1. The van der Waals surface area contributed by atoms with Gasteiger partial charge in [0.15, 0.2) is 5.82 Å². The highest BCUT2D eigenvalue weighted by Crippen LogP contribution is 2.31. The summed E-state index contributed by atoms with van der Waals surface area (Å²) >= 11 is 0. The Bertz CT molecular complexity index is 1300. The molecule has 3 aromatic rings. The first-order valence-corrected chi connectivity index (χ1v) is 11.4. The fraction of sp³-hybridized carbons (Fsp3) is 0.280. The van der Waals surface area contributed by atoms with Crippen molar-refractivity contribution < 1.29 is 32.2 Å². The molecule has 4 rings (SSSR count). The summed E-state index contributed by atoms with van der Waals surface area (Å²) < 4.78 is 50.9. The Balaban J connectivity index is 1.60. The maximum Gasteiger partial charge on any atom is 0.416 e. The predicted molar refractivity (Wildman–Crippen MR) is 126 cm³/mol. The SMILES string of the molecule is CCCCC(NC(=O)c1cccnc1-n1cnc(-c2ccc(C(F)(F)F)cc2)c1)C1(C(N)=O)OC=CO1. The van der Waals surface area contributed by atoms with Crippen LogP contribution in [0, 0.1) is 0 Å². The van der Waals surface area contributed by atoms with Crippen LogP contribution in [0.2, 0.25) is 0 Å². The average molecular weight is 515 g/mol. The number of aromatic nitrogens is 3. The molecule has 3 N–H and O–H groups in total. The molecular weight excluding hydrogens is 491 g/mol. The molecule has 0 spiro atoms. The summed E-state index contributed by atoms with van der Waals surface area (Å²) in [5.41, 5.74) is 5.80. The molecule has 1 aromatic carbocycles. The molecule has 2 amide bonds. The molecule has 0 aliphatic carbocycles. The number of amides is 2. The Morgan fingerprint density at radius 2 is 1.84 bits per heavy atom. The number of carbonyl (C=O) groups excluding carboxylic acids is 2. The normalized spacial score (nSPS) is 15.0. The zero-order valence-electron chi connectivity index (χ0n) is 19.7. The Morgan fingerprint density at radius 1 is 1.14 bits per heavy atom. The first kappa shape index (κ1) is 25.7. The van der Waals surface area contributed by atoms with Crippen LogP contribution in [0.5, 0.6) is 0 Å². The largest absolute Gasteiger partial charge is 0.447 e. The lowest BCUT2D eigenvalue weighted by Crippen LogP contribution is -2.60. The molecule has 0 fully saturated rings. The van der Waals surface area contributed by atoms with Crippen LogP contribution in [-0.2, 0) is 20.4 Å².